The molecule has 0 aliphatic rings. The van der Waals surface area contributed by atoms with Gasteiger partial charge in [-0.05, 0) is 31.2 Å². The fraction of sp³-hybridized carbons (Fsp3) is 0.125. The van der Waals surface area contributed by atoms with Crippen molar-refractivity contribution in [3.05, 3.63) is 60.0 Å². The molecule has 5 nitrogen and oxygen atoms in total. The zero-order chi connectivity index (χ0) is 14.2. The van der Waals surface area contributed by atoms with Gasteiger partial charge in [-0.3, -0.25) is 0 Å². The standard InChI is InChI=1S/C16H14N4O/c1-11-5-4-8-15-18-12(10-20(11)15)9-17-16-19-13-6-2-3-7-14(13)21-16/h2-8,10H,9H2,1H3,(H,17,19). The first-order chi connectivity index (χ1) is 10.3. The molecule has 5 heteroatoms. The van der Waals surface area contributed by atoms with E-state index in [1.807, 2.05) is 42.6 Å². The Morgan fingerprint density at radius 3 is 2.86 bits per heavy atom. The molecule has 0 saturated carbocycles. The van der Waals surface area contributed by atoms with Crippen molar-refractivity contribution < 1.29 is 4.42 Å². The van der Waals surface area contributed by atoms with Crippen molar-refractivity contribution in [3.8, 4) is 0 Å². The van der Waals surface area contributed by atoms with Crippen molar-refractivity contribution in [2.45, 2.75) is 13.5 Å². The van der Waals surface area contributed by atoms with Gasteiger partial charge in [0.2, 0.25) is 0 Å². The molecule has 0 saturated heterocycles. The third-order valence-corrected chi connectivity index (χ3v) is 3.46. The summed E-state index contributed by atoms with van der Waals surface area (Å²) in [5.74, 6) is 0. The largest absolute Gasteiger partial charge is 0.424 e. The van der Waals surface area contributed by atoms with Crippen LogP contribution in [0.1, 0.15) is 11.4 Å². The molecule has 1 aromatic carbocycles. The van der Waals surface area contributed by atoms with Crippen LogP contribution in [-0.2, 0) is 6.54 Å². The summed E-state index contributed by atoms with van der Waals surface area (Å²) in [5.41, 5.74) is 4.70. The molecular weight excluding hydrogens is 264 g/mol. The summed E-state index contributed by atoms with van der Waals surface area (Å²) in [6.07, 6.45) is 2.03. The van der Waals surface area contributed by atoms with E-state index in [-0.39, 0.29) is 0 Å². The molecule has 0 radical (unpaired) electrons. The van der Waals surface area contributed by atoms with Gasteiger partial charge in [-0.25, -0.2) is 4.98 Å². The van der Waals surface area contributed by atoms with Crippen LogP contribution in [0.3, 0.4) is 0 Å². The Kier molecular flexibility index (Phi) is 2.64. The Morgan fingerprint density at radius 1 is 1.10 bits per heavy atom. The molecule has 104 valence electrons. The Balaban J connectivity index is 1.58. The van der Waals surface area contributed by atoms with Crippen LogP contribution in [0.2, 0.25) is 0 Å². The van der Waals surface area contributed by atoms with Gasteiger partial charge in [0.15, 0.2) is 5.58 Å². The van der Waals surface area contributed by atoms with E-state index in [0.29, 0.717) is 12.6 Å². The number of rotatable bonds is 3. The lowest BCUT2D eigenvalue weighted by atomic mass is 10.3. The molecular formula is C16H14N4O. The molecule has 3 heterocycles. The van der Waals surface area contributed by atoms with E-state index in [4.69, 9.17) is 4.42 Å². The van der Waals surface area contributed by atoms with Gasteiger partial charge < -0.3 is 14.1 Å². The van der Waals surface area contributed by atoms with Crippen LogP contribution in [0.4, 0.5) is 6.01 Å². The maximum absolute atomic E-state index is 5.63. The minimum atomic E-state index is 0.518. The summed E-state index contributed by atoms with van der Waals surface area (Å²) < 4.78 is 7.70. The number of nitrogens with zero attached hydrogens (tertiary/aromatic N) is 3. The topological polar surface area (TPSA) is 55.4 Å². The zero-order valence-electron chi connectivity index (χ0n) is 11.6. The smallest absolute Gasteiger partial charge is 0.296 e. The van der Waals surface area contributed by atoms with Gasteiger partial charge >= 0.3 is 0 Å². The number of oxazole rings is 1. The Morgan fingerprint density at radius 2 is 2.00 bits per heavy atom. The van der Waals surface area contributed by atoms with Gasteiger partial charge in [-0.15, -0.1) is 0 Å². The maximum Gasteiger partial charge on any atom is 0.296 e. The van der Waals surface area contributed by atoms with Gasteiger partial charge in [-0.2, -0.15) is 4.98 Å². The molecule has 0 aliphatic carbocycles. The third-order valence-electron chi connectivity index (χ3n) is 3.46. The van der Waals surface area contributed by atoms with Crippen molar-refractivity contribution in [1.82, 2.24) is 14.4 Å². The van der Waals surface area contributed by atoms with Gasteiger partial charge in [0.05, 0.1) is 12.2 Å². The molecule has 4 rings (SSSR count). The van der Waals surface area contributed by atoms with Crippen LogP contribution >= 0.6 is 0 Å². The lowest BCUT2D eigenvalue weighted by Crippen LogP contribution is -1.99. The van der Waals surface area contributed by atoms with Gasteiger partial charge in [0.1, 0.15) is 11.2 Å². The quantitative estimate of drug-likeness (QED) is 0.624. The number of fused-ring (bicyclic) bond motifs is 2. The predicted molar refractivity (Wildman–Crippen MR) is 81.3 cm³/mol. The van der Waals surface area contributed by atoms with Crippen molar-refractivity contribution in [1.29, 1.82) is 0 Å². The van der Waals surface area contributed by atoms with E-state index in [2.05, 4.69) is 32.7 Å². The average Bonchev–Trinajstić information content (AvgIpc) is 3.09. The molecule has 0 aliphatic heterocycles. The van der Waals surface area contributed by atoms with Crippen LogP contribution in [0.15, 0.2) is 53.1 Å². The number of hydrogen-bond acceptors (Lipinski definition) is 4. The Bertz CT molecular complexity index is 889. The number of pyridine rings is 1. The van der Waals surface area contributed by atoms with Gasteiger partial charge in [0.25, 0.3) is 6.01 Å². The highest BCUT2D eigenvalue weighted by atomic mass is 16.4. The van der Waals surface area contributed by atoms with Crippen LogP contribution in [0.25, 0.3) is 16.7 Å². The van der Waals surface area contributed by atoms with Crippen LogP contribution in [0, 0.1) is 6.92 Å². The number of benzene rings is 1. The van der Waals surface area contributed by atoms with E-state index < -0.39 is 0 Å². The summed E-state index contributed by atoms with van der Waals surface area (Å²) in [7, 11) is 0. The maximum atomic E-state index is 5.63. The number of hydrogen-bond donors (Lipinski definition) is 1. The average molecular weight is 278 g/mol. The first-order valence-electron chi connectivity index (χ1n) is 6.83. The fourth-order valence-electron chi connectivity index (χ4n) is 2.40. The molecule has 0 atom stereocenters. The molecule has 0 amide bonds. The molecule has 0 bridgehead atoms. The van der Waals surface area contributed by atoms with Crippen molar-refractivity contribution in [3.63, 3.8) is 0 Å². The van der Waals surface area contributed by atoms with Crippen molar-refractivity contribution in [2.75, 3.05) is 5.32 Å². The molecule has 0 spiro atoms. The van der Waals surface area contributed by atoms with E-state index in [0.717, 1.165) is 28.1 Å². The van der Waals surface area contributed by atoms with Crippen LogP contribution < -0.4 is 5.32 Å². The number of imidazole rings is 1. The van der Waals surface area contributed by atoms with E-state index in [1.165, 1.54) is 0 Å². The first kappa shape index (κ1) is 12.0. The SMILES string of the molecule is Cc1cccc2nc(CNc3nc4ccccc4o3)cn12. The second-order valence-corrected chi connectivity index (χ2v) is 4.97. The van der Waals surface area contributed by atoms with E-state index in [1.54, 1.807) is 0 Å². The number of para-hydroxylation sites is 2. The fourth-order valence-corrected chi connectivity index (χ4v) is 2.40. The molecule has 4 aromatic rings. The summed E-state index contributed by atoms with van der Waals surface area (Å²) in [6.45, 7) is 2.64. The van der Waals surface area contributed by atoms with Crippen LogP contribution in [-0.4, -0.2) is 14.4 Å². The molecule has 0 unspecified atom stereocenters. The molecule has 1 N–H and O–H groups in total. The van der Waals surface area contributed by atoms with Crippen LogP contribution in [0.5, 0.6) is 0 Å². The molecule has 21 heavy (non-hydrogen) atoms. The Hall–Kier alpha value is -2.82. The van der Waals surface area contributed by atoms with Gasteiger partial charge in [-0.1, -0.05) is 18.2 Å². The van der Waals surface area contributed by atoms with Crippen molar-refractivity contribution in [2.24, 2.45) is 0 Å². The highest BCUT2D eigenvalue weighted by molar-refractivity contribution is 5.74. The third kappa shape index (κ3) is 2.12. The monoisotopic (exact) mass is 278 g/mol. The predicted octanol–water partition coefficient (Wildman–Crippen LogP) is 3.40. The lowest BCUT2D eigenvalue weighted by Gasteiger charge is -1.97. The number of aryl methyl sites for hydroxylation is 1. The summed E-state index contributed by atoms with van der Waals surface area (Å²) in [6, 6.07) is 14.3. The second-order valence-electron chi connectivity index (χ2n) is 4.97. The highest BCUT2D eigenvalue weighted by Gasteiger charge is 2.06. The first-order valence-corrected chi connectivity index (χ1v) is 6.83. The van der Waals surface area contributed by atoms with E-state index >= 15 is 0 Å². The van der Waals surface area contributed by atoms with E-state index in [9.17, 15) is 0 Å². The number of aromatic nitrogens is 3. The second kappa shape index (κ2) is 4.63. The highest BCUT2D eigenvalue weighted by Crippen LogP contribution is 2.18. The Labute approximate surface area is 121 Å². The van der Waals surface area contributed by atoms with Crippen molar-refractivity contribution >= 4 is 22.8 Å². The normalized spacial score (nSPS) is 11.3. The minimum Gasteiger partial charge on any atom is -0.424 e. The molecule has 0 fully saturated rings. The summed E-state index contributed by atoms with van der Waals surface area (Å²) in [4.78, 5) is 8.96. The van der Waals surface area contributed by atoms with Gasteiger partial charge in [0, 0.05) is 11.9 Å². The number of nitrogens with one attached hydrogen (secondary N) is 1. The summed E-state index contributed by atoms with van der Waals surface area (Å²) >= 11 is 0. The zero-order valence-corrected chi connectivity index (χ0v) is 11.6. The minimum absolute atomic E-state index is 0.518. The number of anilines is 1. The summed E-state index contributed by atoms with van der Waals surface area (Å²) in [5, 5.41) is 3.18. The molecule has 3 aromatic heterocycles. The lowest BCUT2D eigenvalue weighted by molar-refractivity contribution is 0.614.